The van der Waals surface area contributed by atoms with Crippen molar-refractivity contribution in [3.8, 4) is 27.6 Å². The molecule has 0 radical (unpaired) electrons. The van der Waals surface area contributed by atoms with Gasteiger partial charge in [0, 0.05) is 43.2 Å². The maximum atomic E-state index is 11.4. The third kappa shape index (κ3) is 8.25. The van der Waals surface area contributed by atoms with Gasteiger partial charge in [-0.25, -0.2) is 4.79 Å². The van der Waals surface area contributed by atoms with Crippen molar-refractivity contribution in [2.24, 2.45) is 0 Å². The number of unbranched alkanes of at least 4 members (excludes halogenated alkanes) is 5. The number of hydrogen-bond acceptors (Lipinski definition) is 6. The van der Waals surface area contributed by atoms with Crippen LogP contribution in [-0.4, -0.2) is 17.6 Å². The molecule has 0 saturated heterocycles. The first-order valence-electron chi connectivity index (χ1n) is 18.2. The summed E-state index contributed by atoms with van der Waals surface area (Å²) in [7, 11) is 0. The summed E-state index contributed by atoms with van der Waals surface area (Å²) in [5.74, 6) is -1.21. The van der Waals surface area contributed by atoms with Gasteiger partial charge in [-0.05, 0) is 102 Å². The van der Waals surface area contributed by atoms with Crippen molar-refractivity contribution in [3.63, 3.8) is 0 Å². The normalized spacial score (nSPS) is 12.2. The molecule has 0 amide bonds. The maximum Gasteiger partial charge on any atom is 0.346 e. The van der Waals surface area contributed by atoms with Crippen molar-refractivity contribution in [2.45, 2.75) is 55.2 Å². The summed E-state index contributed by atoms with van der Waals surface area (Å²) in [5, 5.41) is 18.6. The van der Waals surface area contributed by atoms with Crippen LogP contribution in [0.2, 0.25) is 0 Å². The average Bonchev–Trinajstić information content (AvgIpc) is 3.67. The molecule has 0 aliphatic carbocycles. The zero-order chi connectivity index (χ0) is 36.6. The van der Waals surface area contributed by atoms with Crippen molar-refractivity contribution in [1.29, 1.82) is 5.26 Å². The molecular formula is C46H41N3O2S2. The molecule has 0 atom stereocenters. The van der Waals surface area contributed by atoms with Crippen LogP contribution < -0.4 is 9.80 Å². The number of benzene rings is 5. The first kappa shape index (κ1) is 35.8. The molecule has 5 nitrogen and oxygen atoms in total. The molecule has 1 aliphatic heterocycles. The zero-order valence-corrected chi connectivity index (χ0v) is 31.4. The fraction of sp³-hybridized carbons (Fsp3) is 0.174. The molecule has 264 valence electrons. The third-order valence-corrected chi connectivity index (χ3v) is 11.7. The number of aliphatic carboxylic acids is 1. The van der Waals surface area contributed by atoms with Gasteiger partial charge in [0.2, 0.25) is 0 Å². The molecule has 0 fully saturated rings. The molecule has 53 heavy (non-hydrogen) atoms. The molecule has 1 N–H and O–H groups in total. The number of fused-ring (bicyclic) bond motifs is 2. The topological polar surface area (TPSA) is 67.6 Å². The van der Waals surface area contributed by atoms with Gasteiger partial charge in [-0.15, -0.1) is 11.3 Å². The Bertz CT molecular complexity index is 2220. The number of nitriles is 1. The second-order valence-electron chi connectivity index (χ2n) is 13.1. The molecule has 0 unspecified atom stereocenters. The van der Waals surface area contributed by atoms with E-state index in [0.29, 0.717) is 0 Å². The number of para-hydroxylation sites is 2. The second kappa shape index (κ2) is 16.9. The molecule has 1 aliphatic rings. The Morgan fingerprint density at radius 2 is 1.26 bits per heavy atom. The van der Waals surface area contributed by atoms with Crippen LogP contribution in [0.4, 0.5) is 28.4 Å². The van der Waals surface area contributed by atoms with Gasteiger partial charge in [0.05, 0.1) is 11.4 Å². The van der Waals surface area contributed by atoms with Crippen molar-refractivity contribution < 1.29 is 9.90 Å². The molecule has 7 heteroatoms. The minimum absolute atomic E-state index is 0.267. The summed E-state index contributed by atoms with van der Waals surface area (Å²) in [6, 6.07) is 48.9. The van der Waals surface area contributed by atoms with Gasteiger partial charge in [-0.1, -0.05) is 111 Å². The number of carboxylic acid groups (broad SMARTS) is 1. The standard InChI is InChI=1S/C46H41N3O2S2/c1-2-3-4-5-6-13-28-48-41-25-20-34(33-18-22-39(23-19-33)49(37-14-9-7-10-15-37)38-16-11-8-12-17-38)30-44(41)53-45-31-35(21-26-42(45)48)43-27-24-40(52-43)29-36(32-47)46(50)51/h7-12,14-27,29-31H,2-6,13,28H2,1H3,(H,50,51). The van der Waals surface area contributed by atoms with E-state index in [0.717, 1.165) is 50.9 Å². The predicted molar refractivity (Wildman–Crippen MR) is 222 cm³/mol. The van der Waals surface area contributed by atoms with Crippen LogP contribution in [0.25, 0.3) is 27.6 Å². The summed E-state index contributed by atoms with van der Waals surface area (Å²) in [4.78, 5) is 20.4. The Labute approximate surface area is 320 Å². The number of carboxylic acids is 1. The number of rotatable bonds is 14. The van der Waals surface area contributed by atoms with Gasteiger partial charge in [0.15, 0.2) is 0 Å². The molecule has 6 aromatic rings. The largest absolute Gasteiger partial charge is 0.477 e. The molecule has 1 aromatic heterocycles. The third-order valence-electron chi connectivity index (χ3n) is 9.49. The van der Waals surface area contributed by atoms with Gasteiger partial charge in [-0.3, -0.25) is 0 Å². The molecule has 0 saturated carbocycles. The van der Waals surface area contributed by atoms with Crippen LogP contribution >= 0.6 is 23.1 Å². The van der Waals surface area contributed by atoms with E-state index in [1.165, 1.54) is 76.2 Å². The fourth-order valence-corrected chi connectivity index (χ4v) is 8.91. The van der Waals surface area contributed by atoms with E-state index in [9.17, 15) is 15.2 Å². The van der Waals surface area contributed by atoms with E-state index < -0.39 is 5.97 Å². The SMILES string of the molecule is CCCCCCCCN1c2ccc(-c3ccc(N(c4ccccc4)c4ccccc4)cc3)cc2Sc2cc(-c3ccc(C=C(C#N)C(=O)O)s3)ccc21. The molecular weight excluding hydrogens is 691 g/mol. The average molecular weight is 732 g/mol. The first-order valence-corrected chi connectivity index (χ1v) is 19.8. The quantitative estimate of drug-likeness (QED) is 0.0683. The second-order valence-corrected chi connectivity index (χ2v) is 15.3. The summed E-state index contributed by atoms with van der Waals surface area (Å²) in [5.41, 5.74) is 8.93. The van der Waals surface area contributed by atoms with E-state index in [-0.39, 0.29) is 5.57 Å². The number of thiophene rings is 1. The zero-order valence-electron chi connectivity index (χ0n) is 29.7. The molecule has 5 aromatic carbocycles. The number of hydrogen-bond donors (Lipinski definition) is 1. The molecule has 7 rings (SSSR count). The maximum absolute atomic E-state index is 11.4. The van der Waals surface area contributed by atoms with Gasteiger partial charge < -0.3 is 14.9 Å². The lowest BCUT2D eigenvalue weighted by Crippen LogP contribution is -2.22. The first-order chi connectivity index (χ1) is 26.0. The Hall–Kier alpha value is -5.55. The highest BCUT2D eigenvalue weighted by atomic mass is 32.2. The van der Waals surface area contributed by atoms with Gasteiger partial charge in [0.25, 0.3) is 0 Å². The summed E-state index contributed by atoms with van der Waals surface area (Å²) >= 11 is 3.29. The van der Waals surface area contributed by atoms with Crippen molar-refractivity contribution >= 4 is 63.6 Å². The number of nitrogens with zero attached hydrogens (tertiary/aromatic N) is 3. The Morgan fingerprint density at radius 3 is 1.89 bits per heavy atom. The minimum Gasteiger partial charge on any atom is -0.477 e. The van der Waals surface area contributed by atoms with Crippen LogP contribution in [0, 0.1) is 11.3 Å². The van der Waals surface area contributed by atoms with Crippen LogP contribution in [-0.2, 0) is 4.79 Å². The van der Waals surface area contributed by atoms with E-state index >= 15 is 0 Å². The summed E-state index contributed by atoms with van der Waals surface area (Å²) in [6.45, 7) is 3.21. The fourth-order valence-electron chi connectivity index (χ4n) is 6.78. The van der Waals surface area contributed by atoms with Crippen molar-refractivity contribution in [1.82, 2.24) is 0 Å². The summed E-state index contributed by atoms with van der Waals surface area (Å²) < 4.78 is 0. The highest BCUT2D eigenvalue weighted by Crippen LogP contribution is 2.51. The van der Waals surface area contributed by atoms with Gasteiger partial charge in [-0.2, -0.15) is 5.26 Å². The summed E-state index contributed by atoms with van der Waals surface area (Å²) in [6.07, 6.45) is 8.88. The van der Waals surface area contributed by atoms with E-state index in [4.69, 9.17) is 0 Å². The van der Waals surface area contributed by atoms with Crippen LogP contribution in [0.5, 0.6) is 0 Å². The highest BCUT2D eigenvalue weighted by molar-refractivity contribution is 7.99. The van der Waals surface area contributed by atoms with Crippen LogP contribution in [0.3, 0.4) is 0 Å². The molecule has 2 heterocycles. The lowest BCUT2D eigenvalue weighted by molar-refractivity contribution is -0.132. The number of carbonyl (C=O) groups is 1. The van der Waals surface area contributed by atoms with E-state index in [2.05, 4.69) is 126 Å². The van der Waals surface area contributed by atoms with Crippen molar-refractivity contribution in [2.75, 3.05) is 16.3 Å². The van der Waals surface area contributed by atoms with E-state index in [1.807, 2.05) is 24.3 Å². The Morgan fingerprint density at radius 1 is 0.698 bits per heavy atom. The van der Waals surface area contributed by atoms with E-state index in [1.54, 1.807) is 17.8 Å². The lowest BCUT2D eigenvalue weighted by Gasteiger charge is -2.33. The smallest absolute Gasteiger partial charge is 0.346 e. The van der Waals surface area contributed by atoms with Crippen LogP contribution in [0.15, 0.2) is 149 Å². The number of anilines is 5. The van der Waals surface area contributed by atoms with Gasteiger partial charge in [0.1, 0.15) is 11.6 Å². The monoisotopic (exact) mass is 731 g/mol. The predicted octanol–water partition coefficient (Wildman–Crippen LogP) is 13.5. The molecule has 0 spiro atoms. The highest BCUT2D eigenvalue weighted by Gasteiger charge is 2.25. The minimum atomic E-state index is -1.21. The Balaban J connectivity index is 1.19. The lowest BCUT2D eigenvalue weighted by atomic mass is 10.0. The molecule has 0 bridgehead atoms. The van der Waals surface area contributed by atoms with Gasteiger partial charge >= 0.3 is 5.97 Å². The van der Waals surface area contributed by atoms with Crippen molar-refractivity contribution in [3.05, 3.63) is 144 Å². The van der Waals surface area contributed by atoms with Crippen LogP contribution in [0.1, 0.15) is 50.3 Å². The Kier molecular flexibility index (Phi) is 11.4.